The molecule has 0 bridgehead atoms. The third kappa shape index (κ3) is 9.49. The Labute approximate surface area is 217 Å². The van der Waals surface area contributed by atoms with E-state index in [2.05, 4.69) is 32.7 Å². The number of carbonyl (C=O) groups excluding carboxylic acids is 1. The van der Waals surface area contributed by atoms with E-state index in [1.54, 1.807) is 19.3 Å². The molecule has 7 nitrogen and oxygen atoms in total. The van der Waals surface area contributed by atoms with Crippen molar-refractivity contribution in [2.75, 3.05) is 13.7 Å². The van der Waals surface area contributed by atoms with Crippen LogP contribution in [0.1, 0.15) is 85.5 Å². The molecule has 5 atom stereocenters. The molecule has 0 aromatic rings. The van der Waals surface area contributed by atoms with Crippen LogP contribution in [0.15, 0.2) is 36.5 Å². The van der Waals surface area contributed by atoms with E-state index in [-0.39, 0.29) is 42.0 Å². The Hall–Kier alpha value is -1.96. The summed E-state index contributed by atoms with van der Waals surface area (Å²) >= 11 is 0. The van der Waals surface area contributed by atoms with Gasteiger partial charge < -0.3 is 24.6 Å². The van der Waals surface area contributed by atoms with Crippen LogP contribution in [0.5, 0.6) is 0 Å². The second-order valence-corrected chi connectivity index (χ2v) is 11.1. The predicted octanol–water partition coefficient (Wildman–Crippen LogP) is 5.56. The van der Waals surface area contributed by atoms with Gasteiger partial charge in [0.2, 0.25) is 5.91 Å². The van der Waals surface area contributed by atoms with Crippen molar-refractivity contribution >= 4 is 11.9 Å². The van der Waals surface area contributed by atoms with E-state index in [1.165, 1.54) is 0 Å². The Bertz CT molecular complexity index is 804. The van der Waals surface area contributed by atoms with Gasteiger partial charge in [0.05, 0.1) is 24.7 Å². The summed E-state index contributed by atoms with van der Waals surface area (Å²) in [5, 5.41) is 11.6. The number of carboxylic acid groups (broad SMARTS) is 1. The Morgan fingerprint density at radius 3 is 2.64 bits per heavy atom. The maximum absolute atomic E-state index is 12.8. The highest BCUT2D eigenvalue weighted by molar-refractivity contribution is 5.80. The molecule has 2 N–H and O–H groups in total. The van der Waals surface area contributed by atoms with Crippen LogP contribution in [0.25, 0.3) is 0 Å². The first-order chi connectivity index (χ1) is 17.0. The molecule has 1 unspecified atom stereocenters. The lowest BCUT2D eigenvalue weighted by Crippen LogP contribution is -2.50. The molecular weight excluding hydrogens is 458 g/mol. The average molecular weight is 506 g/mol. The van der Waals surface area contributed by atoms with Gasteiger partial charge in [-0.25, -0.2) is 4.79 Å². The van der Waals surface area contributed by atoms with E-state index >= 15 is 0 Å². The number of rotatable bonds is 13. The summed E-state index contributed by atoms with van der Waals surface area (Å²) in [6.07, 6.45) is 14.4. The highest BCUT2D eigenvalue weighted by atomic mass is 16.7. The lowest BCUT2D eigenvalue weighted by Gasteiger charge is -2.43. The molecule has 204 valence electrons. The van der Waals surface area contributed by atoms with Gasteiger partial charge >= 0.3 is 5.97 Å². The van der Waals surface area contributed by atoms with Crippen LogP contribution >= 0.6 is 0 Å². The van der Waals surface area contributed by atoms with Crippen molar-refractivity contribution in [3.05, 3.63) is 36.5 Å². The van der Waals surface area contributed by atoms with E-state index in [0.717, 1.165) is 56.6 Å². The molecule has 1 amide bonds. The molecule has 36 heavy (non-hydrogen) atoms. The van der Waals surface area contributed by atoms with Gasteiger partial charge in [0, 0.05) is 32.1 Å². The number of nitrogens with one attached hydrogen (secondary N) is 1. The normalized spacial score (nSPS) is 30.6. The summed E-state index contributed by atoms with van der Waals surface area (Å²) in [6.45, 7) is 13.3. The van der Waals surface area contributed by atoms with Crippen molar-refractivity contribution in [2.45, 2.75) is 110 Å². The van der Waals surface area contributed by atoms with Crippen molar-refractivity contribution in [3.63, 3.8) is 0 Å². The van der Waals surface area contributed by atoms with E-state index in [9.17, 15) is 9.59 Å². The van der Waals surface area contributed by atoms with E-state index in [1.807, 2.05) is 13.0 Å². The number of hydrogen-bond donors (Lipinski definition) is 2. The molecule has 2 aliphatic rings. The second kappa shape index (κ2) is 14.1. The summed E-state index contributed by atoms with van der Waals surface area (Å²) in [5.74, 6) is -1.74. The number of carbonyl (C=O) groups is 2. The monoisotopic (exact) mass is 505 g/mol. The highest BCUT2D eigenvalue weighted by Gasteiger charge is 2.43. The second-order valence-electron chi connectivity index (χ2n) is 11.1. The standard InChI is InChI=1S/C29H47NO6/c1-21-18-29(34-6,36-23(3)22(21)2)19-26(31)30-20-24-16-17-28(4,5)25(35-24)14-12-10-8-7-9-11-13-15-27(32)33/h9,11,13,15,22-25H,1,7-8,10,12,14,16-20H2,2-6H3,(H,30,31)(H,32,33)/b11-9+,15-13+/t22-,23-,24?,25-,29-/m1/s1. The summed E-state index contributed by atoms with van der Waals surface area (Å²) < 4.78 is 18.2. The minimum Gasteiger partial charge on any atom is -0.478 e. The average Bonchev–Trinajstić information content (AvgIpc) is 2.81. The quantitative estimate of drug-likeness (QED) is 0.147. The van der Waals surface area contributed by atoms with Crippen LogP contribution in [0.4, 0.5) is 0 Å². The van der Waals surface area contributed by atoms with Gasteiger partial charge in [-0.3, -0.25) is 4.79 Å². The Morgan fingerprint density at radius 2 is 1.97 bits per heavy atom. The van der Waals surface area contributed by atoms with Gasteiger partial charge in [-0.1, -0.05) is 64.0 Å². The van der Waals surface area contributed by atoms with Gasteiger partial charge in [-0.2, -0.15) is 0 Å². The fourth-order valence-corrected chi connectivity index (χ4v) is 5.02. The molecule has 2 aliphatic heterocycles. The van der Waals surface area contributed by atoms with Crippen LogP contribution in [-0.4, -0.2) is 54.7 Å². The van der Waals surface area contributed by atoms with Crippen molar-refractivity contribution in [3.8, 4) is 0 Å². The lowest BCUT2D eigenvalue weighted by molar-refractivity contribution is -0.263. The molecule has 0 aromatic heterocycles. The van der Waals surface area contributed by atoms with Crippen molar-refractivity contribution in [1.82, 2.24) is 5.32 Å². The van der Waals surface area contributed by atoms with Crippen molar-refractivity contribution in [2.24, 2.45) is 11.3 Å². The maximum atomic E-state index is 12.8. The molecule has 0 spiro atoms. The number of amides is 1. The molecule has 2 rings (SSSR count). The SMILES string of the molecule is C=C1C[C@@](CC(=O)NCC2CCC(C)(C)[C@@H](CCCCC/C=C/C=C/C(=O)O)O2)(OC)O[C@H](C)[C@@H]1C. The number of unbranched alkanes of at least 4 members (excludes halogenated alkanes) is 3. The van der Waals surface area contributed by atoms with E-state index in [0.29, 0.717) is 13.0 Å². The summed E-state index contributed by atoms with van der Waals surface area (Å²) in [6, 6.07) is 0. The molecule has 2 heterocycles. The van der Waals surface area contributed by atoms with Crippen LogP contribution in [0, 0.1) is 11.3 Å². The van der Waals surface area contributed by atoms with Crippen LogP contribution < -0.4 is 5.32 Å². The number of allylic oxidation sites excluding steroid dienone is 3. The van der Waals surface area contributed by atoms with Gasteiger partial charge in [-0.05, 0) is 44.4 Å². The fourth-order valence-electron chi connectivity index (χ4n) is 5.02. The van der Waals surface area contributed by atoms with Gasteiger partial charge in [0.25, 0.3) is 0 Å². The van der Waals surface area contributed by atoms with E-state index in [4.69, 9.17) is 19.3 Å². The molecule has 7 heteroatoms. The van der Waals surface area contributed by atoms with Gasteiger partial charge in [0.1, 0.15) is 0 Å². The number of ether oxygens (including phenoxy) is 3. The maximum Gasteiger partial charge on any atom is 0.328 e. The third-order valence-electron chi connectivity index (χ3n) is 7.74. The van der Waals surface area contributed by atoms with Crippen LogP contribution in [0.3, 0.4) is 0 Å². The molecular formula is C29H47NO6. The highest BCUT2D eigenvalue weighted by Crippen LogP contribution is 2.39. The first kappa shape index (κ1) is 30.3. The minimum absolute atomic E-state index is 0.00982. The van der Waals surface area contributed by atoms with Crippen LogP contribution in [0.2, 0.25) is 0 Å². The smallest absolute Gasteiger partial charge is 0.328 e. The van der Waals surface area contributed by atoms with Crippen molar-refractivity contribution < 1.29 is 28.9 Å². The Kier molecular flexibility index (Phi) is 11.9. The zero-order chi connectivity index (χ0) is 26.8. The largest absolute Gasteiger partial charge is 0.478 e. The van der Waals surface area contributed by atoms with Crippen LogP contribution in [-0.2, 0) is 23.8 Å². The van der Waals surface area contributed by atoms with E-state index < -0.39 is 11.8 Å². The zero-order valence-electron chi connectivity index (χ0n) is 22.9. The molecule has 0 saturated carbocycles. The number of methoxy groups -OCH3 is 1. The molecule has 0 radical (unpaired) electrons. The number of aliphatic carboxylic acids is 1. The summed E-state index contributed by atoms with van der Waals surface area (Å²) in [5.41, 5.74) is 1.17. The number of carboxylic acids is 1. The molecule has 2 fully saturated rings. The third-order valence-corrected chi connectivity index (χ3v) is 7.74. The Morgan fingerprint density at radius 1 is 1.22 bits per heavy atom. The molecule has 2 saturated heterocycles. The topological polar surface area (TPSA) is 94.1 Å². The van der Waals surface area contributed by atoms with Gasteiger partial charge in [0.15, 0.2) is 5.79 Å². The first-order valence-electron chi connectivity index (χ1n) is 13.4. The summed E-state index contributed by atoms with van der Waals surface area (Å²) in [7, 11) is 1.59. The van der Waals surface area contributed by atoms with Gasteiger partial charge in [-0.15, -0.1) is 0 Å². The van der Waals surface area contributed by atoms with Crippen molar-refractivity contribution in [1.29, 1.82) is 0 Å². The zero-order valence-corrected chi connectivity index (χ0v) is 22.9. The first-order valence-corrected chi connectivity index (χ1v) is 13.4. The predicted molar refractivity (Wildman–Crippen MR) is 142 cm³/mol. The lowest BCUT2D eigenvalue weighted by atomic mass is 9.76. The summed E-state index contributed by atoms with van der Waals surface area (Å²) in [4.78, 5) is 23.2. The minimum atomic E-state index is -0.952. The fraction of sp³-hybridized carbons (Fsp3) is 0.724. The molecule has 0 aromatic carbocycles. The molecule has 0 aliphatic carbocycles. The number of hydrogen-bond acceptors (Lipinski definition) is 5. The Balaban J connectivity index is 1.75.